The molecule has 0 aromatic carbocycles. The number of hydrogen-bond acceptors (Lipinski definition) is 2. The van der Waals surface area contributed by atoms with Gasteiger partial charge in [-0.3, -0.25) is 4.79 Å². The highest BCUT2D eigenvalue weighted by Gasteiger charge is 2.30. The standard InChI is InChI=1S/C10H12O2S/c11-10(12)8-4-3-7(6-8)9-2-1-5-13-9/h1-2,5,7-8H,3-4,6H2,(H,11,12). The molecule has 2 unspecified atom stereocenters. The Morgan fingerprint density at radius 2 is 2.38 bits per heavy atom. The number of hydrogen-bond donors (Lipinski definition) is 1. The van der Waals surface area contributed by atoms with E-state index in [9.17, 15) is 4.79 Å². The van der Waals surface area contributed by atoms with Gasteiger partial charge in [0.25, 0.3) is 0 Å². The summed E-state index contributed by atoms with van der Waals surface area (Å²) in [6, 6.07) is 4.15. The molecule has 0 radical (unpaired) electrons. The van der Waals surface area contributed by atoms with E-state index in [0.717, 1.165) is 19.3 Å². The lowest BCUT2D eigenvalue weighted by Gasteiger charge is -2.05. The first-order chi connectivity index (χ1) is 6.27. The topological polar surface area (TPSA) is 37.3 Å². The van der Waals surface area contributed by atoms with E-state index in [1.165, 1.54) is 4.88 Å². The molecule has 3 heteroatoms. The normalized spacial score (nSPS) is 27.7. The molecular weight excluding hydrogens is 184 g/mol. The molecule has 0 aliphatic heterocycles. The molecule has 0 bridgehead atoms. The highest BCUT2D eigenvalue weighted by molar-refractivity contribution is 7.10. The molecule has 1 aliphatic rings. The van der Waals surface area contributed by atoms with Crippen LogP contribution in [-0.4, -0.2) is 11.1 Å². The predicted molar refractivity (Wildman–Crippen MR) is 52.0 cm³/mol. The van der Waals surface area contributed by atoms with Crippen molar-refractivity contribution in [1.82, 2.24) is 0 Å². The number of aliphatic carboxylic acids is 1. The van der Waals surface area contributed by atoms with Gasteiger partial charge in [0.05, 0.1) is 5.92 Å². The zero-order valence-corrected chi connectivity index (χ0v) is 8.09. The van der Waals surface area contributed by atoms with Gasteiger partial charge in [0.15, 0.2) is 0 Å². The fourth-order valence-electron chi connectivity index (χ4n) is 1.99. The van der Waals surface area contributed by atoms with Gasteiger partial charge in [-0.1, -0.05) is 6.07 Å². The molecule has 13 heavy (non-hydrogen) atoms. The van der Waals surface area contributed by atoms with Crippen LogP contribution in [0, 0.1) is 5.92 Å². The van der Waals surface area contributed by atoms with Gasteiger partial charge in [0, 0.05) is 4.88 Å². The maximum absolute atomic E-state index is 10.7. The van der Waals surface area contributed by atoms with Crippen molar-refractivity contribution in [3.8, 4) is 0 Å². The molecule has 1 saturated carbocycles. The molecule has 2 rings (SSSR count). The third kappa shape index (κ3) is 1.75. The predicted octanol–water partition coefficient (Wildman–Crippen LogP) is 2.72. The first-order valence-electron chi connectivity index (χ1n) is 4.53. The van der Waals surface area contributed by atoms with Crippen LogP contribution in [0.25, 0.3) is 0 Å². The Labute approximate surface area is 81.2 Å². The molecule has 2 nitrogen and oxygen atoms in total. The minimum atomic E-state index is -0.626. The van der Waals surface area contributed by atoms with E-state index >= 15 is 0 Å². The summed E-state index contributed by atoms with van der Waals surface area (Å²) in [5.41, 5.74) is 0. The summed E-state index contributed by atoms with van der Waals surface area (Å²) in [5.74, 6) is -0.229. The Morgan fingerprint density at radius 3 is 2.92 bits per heavy atom. The van der Waals surface area contributed by atoms with E-state index in [0.29, 0.717) is 5.92 Å². The lowest BCUT2D eigenvalue weighted by atomic mass is 10.0. The largest absolute Gasteiger partial charge is 0.481 e. The van der Waals surface area contributed by atoms with Crippen molar-refractivity contribution in [1.29, 1.82) is 0 Å². The maximum Gasteiger partial charge on any atom is 0.306 e. The number of rotatable bonds is 2. The van der Waals surface area contributed by atoms with Crippen molar-refractivity contribution >= 4 is 17.3 Å². The number of carbonyl (C=O) groups is 1. The zero-order chi connectivity index (χ0) is 9.26. The Hall–Kier alpha value is -0.830. The van der Waals surface area contributed by atoms with Crippen LogP contribution in [0.5, 0.6) is 0 Å². The first kappa shape index (κ1) is 8.75. The number of thiophene rings is 1. The van der Waals surface area contributed by atoms with Crippen molar-refractivity contribution in [3.63, 3.8) is 0 Å². The van der Waals surface area contributed by atoms with Crippen LogP contribution in [0.3, 0.4) is 0 Å². The van der Waals surface area contributed by atoms with Gasteiger partial charge in [-0.25, -0.2) is 0 Å². The summed E-state index contributed by atoms with van der Waals surface area (Å²) in [6.07, 6.45) is 2.71. The summed E-state index contributed by atoms with van der Waals surface area (Å²) >= 11 is 1.74. The second kappa shape index (κ2) is 3.50. The highest BCUT2D eigenvalue weighted by Crippen LogP contribution is 2.39. The van der Waals surface area contributed by atoms with Crippen molar-refractivity contribution in [2.75, 3.05) is 0 Å². The first-order valence-corrected chi connectivity index (χ1v) is 5.41. The fraction of sp³-hybridized carbons (Fsp3) is 0.500. The molecule has 1 fully saturated rings. The molecule has 0 saturated heterocycles. The molecule has 2 atom stereocenters. The van der Waals surface area contributed by atoms with E-state index < -0.39 is 5.97 Å². The Morgan fingerprint density at radius 1 is 1.54 bits per heavy atom. The second-order valence-corrected chi connectivity index (χ2v) is 4.54. The van der Waals surface area contributed by atoms with Crippen LogP contribution in [0.4, 0.5) is 0 Å². The fourth-order valence-corrected chi connectivity index (χ4v) is 2.87. The summed E-state index contributed by atoms with van der Waals surface area (Å²) in [7, 11) is 0. The number of carboxylic acids is 1. The molecule has 0 amide bonds. The van der Waals surface area contributed by atoms with E-state index in [-0.39, 0.29) is 5.92 Å². The average Bonchev–Trinajstić information content (AvgIpc) is 2.75. The van der Waals surface area contributed by atoms with Gasteiger partial charge in [0.1, 0.15) is 0 Å². The van der Waals surface area contributed by atoms with Gasteiger partial charge >= 0.3 is 5.97 Å². The maximum atomic E-state index is 10.7. The van der Waals surface area contributed by atoms with E-state index in [4.69, 9.17) is 5.11 Å². The third-order valence-corrected chi connectivity index (χ3v) is 3.76. The summed E-state index contributed by atoms with van der Waals surface area (Å²) in [4.78, 5) is 12.1. The molecule has 1 heterocycles. The summed E-state index contributed by atoms with van der Waals surface area (Å²) < 4.78 is 0. The van der Waals surface area contributed by atoms with Crippen LogP contribution in [0.2, 0.25) is 0 Å². The van der Waals surface area contributed by atoms with Gasteiger partial charge in [-0.15, -0.1) is 11.3 Å². The van der Waals surface area contributed by atoms with Crippen molar-refractivity contribution < 1.29 is 9.90 Å². The van der Waals surface area contributed by atoms with Gasteiger partial charge in [-0.2, -0.15) is 0 Å². The zero-order valence-electron chi connectivity index (χ0n) is 7.27. The van der Waals surface area contributed by atoms with Crippen molar-refractivity contribution in [2.24, 2.45) is 5.92 Å². The minimum Gasteiger partial charge on any atom is -0.481 e. The van der Waals surface area contributed by atoms with E-state index in [1.807, 2.05) is 6.07 Å². The van der Waals surface area contributed by atoms with Crippen LogP contribution in [0.15, 0.2) is 17.5 Å². The average molecular weight is 196 g/mol. The molecule has 1 aromatic heterocycles. The summed E-state index contributed by atoms with van der Waals surface area (Å²) in [6.45, 7) is 0. The third-order valence-electron chi connectivity index (χ3n) is 2.73. The summed E-state index contributed by atoms with van der Waals surface area (Å²) in [5, 5.41) is 10.9. The lowest BCUT2D eigenvalue weighted by Crippen LogP contribution is -2.08. The van der Waals surface area contributed by atoms with Gasteiger partial charge in [0.2, 0.25) is 0 Å². The highest BCUT2D eigenvalue weighted by atomic mass is 32.1. The molecule has 1 N–H and O–H groups in total. The van der Waals surface area contributed by atoms with Crippen molar-refractivity contribution in [2.45, 2.75) is 25.2 Å². The van der Waals surface area contributed by atoms with Crippen LogP contribution < -0.4 is 0 Å². The smallest absolute Gasteiger partial charge is 0.306 e. The van der Waals surface area contributed by atoms with E-state index in [2.05, 4.69) is 11.4 Å². The molecule has 1 aliphatic carbocycles. The molecular formula is C10H12O2S. The Balaban J connectivity index is 2.03. The lowest BCUT2D eigenvalue weighted by molar-refractivity contribution is -0.141. The minimum absolute atomic E-state index is 0.105. The van der Waals surface area contributed by atoms with Gasteiger partial charge in [-0.05, 0) is 36.6 Å². The number of carboxylic acid groups (broad SMARTS) is 1. The molecule has 1 aromatic rings. The SMILES string of the molecule is O=C(O)C1CCC(c2cccs2)C1. The quantitative estimate of drug-likeness (QED) is 0.789. The van der Waals surface area contributed by atoms with Crippen LogP contribution in [-0.2, 0) is 4.79 Å². The Kier molecular flexibility index (Phi) is 2.36. The molecule has 70 valence electrons. The Bertz CT molecular complexity index is 292. The van der Waals surface area contributed by atoms with Crippen LogP contribution >= 0.6 is 11.3 Å². The van der Waals surface area contributed by atoms with Crippen molar-refractivity contribution in [3.05, 3.63) is 22.4 Å². The van der Waals surface area contributed by atoms with Gasteiger partial charge < -0.3 is 5.11 Å². The van der Waals surface area contributed by atoms with E-state index in [1.54, 1.807) is 11.3 Å². The second-order valence-electron chi connectivity index (χ2n) is 3.56. The van der Waals surface area contributed by atoms with Crippen LogP contribution in [0.1, 0.15) is 30.1 Å². The molecule has 0 spiro atoms. The monoisotopic (exact) mass is 196 g/mol.